The first-order valence-corrected chi connectivity index (χ1v) is 7.51. The van der Waals surface area contributed by atoms with Gasteiger partial charge in [-0.15, -0.1) is 0 Å². The van der Waals surface area contributed by atoms with Crippen LogP contribution < -0.4 is 10.1 Å². The molecule has 0 saturated heterocycles. The van der Waals surface area contributed by atoms with Gasteiger partial charge in [0.1, 0.15) is 5.75 Å². The number of ether oxygens (including phenoxy) is 1. The molecule has 3 rings (SSSR count). The molecule has 1 N–H and O–H groups in total. The molecular weight excluding hydrogens is 340 g/mol. The van der Waals surface area contributed by atoms with Crippen molar-refractivity contribution >= 4 is 21.6 Å². The summed E-state index contributed by atoms with van der Waals surface area (Å²) in [5, 5.41) is 3.44. The van der Waals surface area contributed by atoms with Gasteiger partial charge in [0.15, 0.2) is 0 Å². The Balaban J connectivity index is 1.73. The summed E-state index contributed by atoms with van der Waals surface area (Å²) in [6.07, 6.45) is 2.05. The van der Waals surface area contributed by atoms with E-state index in [2.05, 4.69) is 38.1 Å². The molecule has 2 aromatic rings. The molecule has 1 aliphatic rings. The molecule has 0 heterocycles. The molecule has 1 aliphatic carbocycles. The van der Waals surface area contributed by atoms with Crippen LogP contribution in [0.5, 0.6) is 5.75 Å². The van der Waals surface area contributed by atoms with E-state index in [9.17, 15) is 8.78 Å². The number of hydrogen-bond donors (Lipinski definition) is 1. The lowest BCUT2D eigenvalue weighted by Gasteiger charge is -2.16. The van der Waals surface area contributed by atoms with E-state index in [1.807, 2.05) is 6.07 Å². The number of anilines is 1. The number of benzene rings is 2. The molecule has 0 aromatic heterocycles. The number of alkyl halides is 2. The summed E-state index contributed by atoms with van der Waals surface area (Å²) in [7, 11) is 0. The highest BCUT2D eigenvalue weighted by Crippen LogP contribution is 2.37. The summed E-state index contributed by atoms with van der Waals surface area (Å²) in [6, 6.07) is 13.1. The highest BCUT2D eigenvalue weighted by Gasteiger charge is 2.23. The van der Waals surface area contributed by atoms with Gasteiger partial charge in [-0.2, -0.15) is 8.78 Å². The van der Waals surface area contributed by atoms with E-state index in [1.165, 1.54) is 11.1 Å². The average Bonchev–Trinajstić information content (AvgIpc) is 2.85. The molecule has 5 heteroatoms. The molecule has 110 valence electrons. The maximum Gasteiger partial charge on any atom is 0.387 e. The van der Waals surface area contributed by atoms with Crippen LogP contribution in [-0.2, 0) is 6.42 Å². The lowest BCUT2D eigenvalue weighted by Crippen LogP contribution is -2.07. The molecule has 0 aliphatic heterocycles. The van der Waals surface area contributed by atoms with Gasteiger partial charge in [-0.05, 0) is 54.3 Å². The fourth-order valence-corrected chi connectivity index (χ4v) is 3.27. The Hall–Kier alpha value is -1.62. The minimum absolute atomic E-state index is 0.171. The van der Waals surface area contributed by atoms with Crippen LogP contribution in [0.4, 0.5) is 14.5 Å². The van der Waals surface area contributed by atoms with E-state index in [-0.39, 0.29) is 11.8 Å². The third-order valence-corrected chi connectivity index (χ3v) is 4.38. The van der Waals surface area contributed by atoms with Crippen molar-refractivity contribution in [2.45, 2.75) is 25.5 Å². The van der Waals surface area contributed by atoms with E-state index in [0.29, 0.717) is 0 Å². The van der Waals surface area contributed by atoms with Gasteiger partial charge in [-0.3, -0.25) is 0 Å². The first-order chi connectivity index (χ1) is 10.1. The van der Waals surface area contributed by atoms with Gasteiger partial charge in [-0.25, -0.2) is 0 Å². The van der Waals surface area contributed by atoms with Crippen LogP contribution in [0.1, 0.15) is 23.6 Å². The molecule has 0 saturated carbocycles. The minimum Gasteiger partial charge on any atom is -0.435 e. The second kappa shape index (κ2) is 6.02. The number of hydrogen-bond acceptors (Lipinski definition) is 2. The Kier molecular flexibility index (Phi) is 4.10. The molecule has 0 fully saturated rings. The second-order valence-electron chi connectivity index (χ2n) is 4.95. The van der Waals surface area contributed by atoms with Crippen molar-refractivity contribution in [3.63, 3.8) is 0 Å². The minimum atomic E-state index is -2.79. The molecule has 2 nitrogen and oxygen atoms in total. The predicted molar refractivity (Wildman–Crippen MR) is 81.9 cm³/mol. The monoisotopic (exact) mass is 353 g/mol. The van der Waals surface area contributed by atoms with Crippen LogP contribution in [0.25, 0.3) is 0 Å². The molecular formula is C16H14BrF2NO. The Morgan fingerprint density at radius 1 is 1.14 bits per heavy atom. The highest BCUT2D eigenvalue weighted by molar-refractivity contribution is 9.10. The van der Waals surface area contributed by atoms with Crippen molar-refractivity contribution in [3.8, 4) is 5.75 Å². The van der Waals surface area contributed by atoms with Gasteiger partial charge in [0.2, 0.25) is 0 Å². The van der Waals surface area contributed by atoms with Gasteiger partial charge < -0.3 is 10.1 Å². The zero-order chi connectivity index (χ0) is 14.8. The van der Waals surface area contributed by atoms with Crippen LogP contribution in [0, 0.1) is 0 Å². The largest absolute Gasteiger partial charge is 0.435 e. The van der Waals surface area contributed by atoms with Crippen molar-refractivity contribution in [3.05, 3.63) is 58.1 Å². The average molecular weight is 354 g/mol. The number of fused-ring (bicyclic) bond motifs is 1. The van der Waals surface area contributed by atoms with E-state index in [1.54, 1.807) is 24.3 Å². The van der Waals surface area contributed by atoms with Crippen molar-refractivity contribution in [1.29, 1.82) is 0 Å². The Morgan fingerprint density at radius 2 is 1.90 bits per heavy atom. The third kappa shape index (κ3) is 3.18. The molecule has 2 aromatic carbocycles. The number of rotatable bonds is 4. The summed E-state index contributed by atoms with van der Waals surface area (Å²) in [6.45, 7) is -2.79. The van der Waals surface area contributed by atoms with E-state index in [0.717, 1.165) is 23.0 Å². The fraction of sp³-hybridized carbons (Fsp3) is 0.250. The lowest BCUT2D eigenvalue weighted by atomic mass is 10.1. The standard InChI is InChI=1S/C16H14BrF2NO/c17-14-3-1-2-13-12(14)8-9-15(13)20-10-4-6-11(7-5-10)21-16(18)19/h1-7,15-16,20H,8-9H2. The van der Waals surface area contributed by atoms with Gasteiger partial charge in [0.05, 0.1) is 6.04 Å². The van der Waals surface area contributed by atoms with Crippen molar-refractivity contribution in [2.75, 3.05) is 5.32 Å². The van der Waals surface area contributed by atoms with Crippen molar-refractivity contribution in [2.24, 2.45) is 0 Å². The summed E-state index contributed by atoms with van der Waals surface area (Å²) in [5.41, 5.74) is 3.53. The Morgan fingerprint density at radius 3 is 2.62 bits per heavy atom. The molecule has 0 radical (unpaired) electrons. The quantitative estimate of drug-likeness (QED) is 0.820. The van der Waals surface area contributed by atoms with Crippen LogP contribution >= 0.6 is 15.9 Å². The predicted octanol–water partition coefficient (Wildman–Crippen LogP) is 5.15. The molecule has 21 heavy (non-hydrogen) atoms. The van der Waals surface area contributed by atoms with E-state index < -0.39 is 6.61 Å². The van der Waals surface area contributed by atoms with Crippen LogP contribution in [0.2, 0.25) is 0 Å². The molecule has 1 unspecified atom stereocenters. The van der Waals surface area contributed by atoms with Crippen LogP contribution in [0.15, 0.2) is 46.9 Å². The molecule has 0 bridgehead atoms. The molecule has 0 spiro atoms. The number of nitrogens with one attached hydrogen (secondary N) is 1. The van der Waals surface area contributed by atoms with Crippen LogP contribution in [-0.4, -0.2) is 6.61 Å². The van der Waals surface area contributed by atoms with Crippen molar-refractivity contribution in [1.82, 2.24) is 0 Å². The van der Waals surface area contributed by atoms with E-state index in [4.69, 9.17) is 0 Å². The Bertz CT molecular complexity index is 631. The maximum atomic E-state index is 12.1. The summed E-state index contributed by atoms with van der Waals surface area (Å²) < 4.78 is 29.7. The van der Waals surface area contributed by atoms with Gasteiger partial charge >= 0.3 is 6.61 Å². The van der Waals surface area contributed by atoms with E-state index >= 15 is 0 Å². The van der Waals surface area contributed by atoms with Gasteiger partial charge in [0.25, 0.3) is 0 Å². The molecule has 1 atom stereocenters. The molecule has 0 amide bonds. The highest BCUT2D eigenvalue weighted by atomic mass is 79.9. The summed E-state index contributed by atoms with van der Waals surface area (Å²) >= 11 is 3.58. The summed E-state index contributed by atoms with van der Waals surface area (Å²) in [4.78, 5) is 0. The second-order valence-corrected chi connectivity index (χ2v) is 5.80. The first kappa shape index (κ1) is 14.3. The zero-order valence-electron chi connectivity index (χ0n) is 11.2. The smallest absolute Gasteiger partial charge is 0.387 e. The topological polar surface area (TPSA) is 21.3 Å². The maximum absolute atomic E-state index is 12.1. The number of halogens is 3. The Labute approximate surface area is 130 Å². The summed E-state index contributed by atoms with van der Waals surface area (Å²) in [5.74, 6) is 0.171. The van der Waals surface area contributed by atoms with Gasteiger partial charge in [-0.1, -0.05) is 28.1 Å². The van der Waals surface area contributed by atoms with Crippen molar-refractivity contribution < 1.29 is 13.5 Å². The first-order valence-electron chi connectivity index (χ1n) is 6.72. The SMILES string of the molecule is FC(F)Oc1ccc(NC2CCc3c(Br)cccc32)cc1. The fourth-order valence-electron chi connectivity index (χ4n) is 2.69. The van der Waals surface area contributed by atoms with Gasteiger partial charge in [0, 0.05) is 10.2 Å². The normalized spacial score (nSPS) is 16.9. The lowest BCUT2D eigenvalue weighted by molar-refractivity contribution is -0.0498. The van der Waals surface area contributed by atoms with Crippen LogP contribution in [0.3, 0.4) is 0 Å². The third-order valence-electron chi connectivity index (χ3n) is 3.63. The zero-order valence-corrected chi connectivity index (χ0v) is 12.7.